The number of aliphatic hydroxyl groups is 1. The Balaban J connectivity index is 1.38. The third-order valence-corrected chi connectivity index (χ3v) is 5.32. The number of hydrogen-bond acceptors (Lipinski definition) is 9. The molecule has 5 rings (SSSR count). The zero-order valence-electron chi connectivity index (χ0n) is 17.9. The summed E-state index contributed by atoms with van der Waals surface area (Å²) in [5.74, 6) is 1.90. The van der Waals surface area contributed by atoms with Gasteiger partial charge in [-0.3, -0.25) is 9.67 Å². The van der Waals surface area contributed by atoms with Gasteiger partial charge in [-0.05, 0) is 44.2 Å². The van der Waals surface area contributed by atoms with Crippen LogP contribution in [0.3, 0.4) is 0 Å². The topological polar surface area (TPSA) is 142 Å². The Labute approximate surface area is 184 Å². The first-order valence-electron chi connectivity index (χ1n) is 10.5. The summed E-state index contributed by atoms with van der Waals surface area (Å²) in [6.45, 7) is 3.84. The normalized spacial score (nSPS) is 15.1. The number of anilines is 1. The summed E-state index contributed by atoms with van der Waals surface area (Å²) in [6, 6.07) is 3.95. The Morgan fingerprint density at radius 2 is 1.94 bits per heavy atom. The fourth-order valence-corrected chi connectivity index (χ4v) is 3.71. The molecule has 0 aromatic carbocycles. The summed E-state index contributed by atoms with van der Waals surface area (Å²) in [4.78, 5) is 17.6. The van der Waals surface area contributed by atoms with Crippen LogP contribution in [0.1, 0.15) is 44.0 Å². The van der Waals surface area contributed by atoms with E-state index < -0.39 is 5.60 Å². The van der Waals surface area contributed by atoms with E-state index in [9.17, 15) is 5.11 Å². The summed E-state index contributed by atoms with van der Waals surface area (Å²) >= 11 is 0. The zero-order valence-corrected chi connectivity index (χ0v) is 17.9. The molecule has 0 spiro atoms. The number of nitrogens with zero attached hydrogens (tertiary/aromatic N) is 7. The molecule has 0 bridgehead atoms. The molecule has 10 nitrogen and oxygen atoms in total. The van der Waals surface area contributed by atoms with Crippen LogP contribution in [0.15, 0.2) is 47.6 Å². The van der Waals surface area contributed by atoms with Gasteiger partial charge in [0, 0.05) is 12.4 Å². The summed E-state index contributed by atoms with van der Waals surface area (Å²) in [7, 11) is 0. The molecule has 0 amide bonds. The molecule has 1 aliphatic carbocycles. The van der Waals surface area contributed by atoms with Gasteiger partial charge in [-0.2, -0.15) is 10.1 Å². The van der Waals surface area contributed by atoms with Crippen LogP contribution in [0.2, 0.25) is 0 Å². The minimum Gasteiger partial charge on any atom is -0.389 e. The highest BCUT2D eigenvalue weighted by atomic mass is 16.5. The first-order valence-corrected chi connectivity index (χ1v) is 10.5. The smallest absolute Gasteiger partial charge is 0.261 e. The van der Waals surface area contributed by atoms with Crippen molar-refractivity contribution in [3.63, 3.8) is 0 Å². The van der Waals surface area contributed by atoms with Crippen molar-refractivity contribution in [2.45, 2.75) is 44.8 Å². The second kappa shape index (κ2) is 7.79. The van der Waals surface area contributed by atoms with Gasteiger partial charge in [0.05, 0.1) is 47.9 Å². The van der Waals surface area contributed by atoms with E-state index in [0.717, 1.165) is 29.7 Å². The van der Waals surface area contributed by atoms with E-state index >= 15 is 0 Å². The molecule has 10 heteroatoms. The Morgan fingerprint density at radius 3 is 2.59 bits per heavy atom. The fraction of sp³-hybridized carbons (Fsp3) is 0.364. The molecule has 4 heterocycles. The molecular weight excluding hydrogens is 408 g/mol. The maximum absolute atomic E-state index is 10.00. The van der Waals surface area contributed by atoms with Gasteiger partial charge in [-0.15, -0.1) is 0 Å². The van der Waals surface area contributed by atoms with Crippen molar-refractivity contribution < 1.29 is 9.63 Å². The van der Waals surface area contributed by atoms with Crippen LogP contribution in [-0.4, -0.2) is 45.6 Å². The first-order chi connectivity index (χ1) is 15.4. The van der Waals surface area contributed by atoms with Crippen molar-refractivity contribution >= 4 is 5.82 Å². The fourth-order valence-electron chi connectivity index (χ4n) is 3.71. The highest BCUT2D eigenvalue weighted by molar-refractivity contribution is 5.54. The van der Waals surface area contributed by atoms with E-state index in [1.54, 1.807) is 37.1 Å². The molecule has 1 atom stereocenters. The number of rotatable bonds is 7. The summed E-state index contributed by atoms with van der Waals surface area (Å²) in [5.41, 5.74) is 7.89. The zero-order chi connectivity index (χ0) is 22.3. The number of pyridine rings is 1. The molecule has 0 saturated heterocycles. The van der Waals surface area contributed by atoms with Crippen molar-refractivity contribution in [2.24, 2.45) is 5.92 Å². The van der Waals surface area contributed by atoms with E-state index in [1.807, 2.05) is 18.3 Å². The Hall–Kier alpha value is -3.66. The van der Waals surface area contributed by atoms with E-state index in [1.165, 1.54) is 6.20 Å². The molecule has 3 N–H and O–H groups in total. The molecule has 164 valence electrons. The summed E-state index contributed by atoms with van der Waals surface area (Å²) in [6.07, 6.45) is 10.7. The summed E-state index contributed by atoms with van der Waals surface area (Å²) < 4.78 is 7.22. The lowest BCUT2D eigenvalue weighted by Crippen LogP contribution is -2.26. The van der Waals surface area contributed by atoms with Crippen LogP contribution in [0.4, 0.5) is 5.82 Å². The van der Waals surface area contributed by atoms with Crippen LogP contribution >= 0.6 is 0 Å². The lowest BCUT2D eigenvalue weighted by atomic mass is 9.94. The molecule has 1 aliphatic rings. The van der Waals surface area contributed by atoms with Gasteiger partial charge in [-0.25, -0.2) is 9.97 Å². The molecule has 32 heavy (non-hydrogen) atoms. The van der Waals surface area contributed by atoms with Gasteiger partial charge < -0.3 is 15.4 Å². The van der Waals surface area contributed by atoms with Crippen LogP contribution in [0, 0.1) is 5.92 Å². The molecule has 1 unspecified atom stereocenters. The lowest BCUT2D eigenvalue weighted by Gasteiger charge is -2.16. The largest absolute Gasteiger partial charge is 0.389 e. The summed E-state index contributed by atoms with van der Waals surface area (Å²) in [5, 5.41) is 18.5. The van der Waals surface area contributed by atoms with Crippen LogP contribution in [0.25, 0.3) is 22.8 Å². The van der Waals surface area contributed by atoms with Crippen molar-refractivity contribution in [3.8, 4) is 22.8 Å². The van der Waals surface area contributed by atoms with Gasteiger partial charge in [0.2, 0.25) is 0 Å². The number of nitrogens with two attached hydrogens (primary N) is 1. The predicted molar refractivity (Wildman–Crippen MR) is 116 cm³/mol. The molecule has 4 aromatic rings. The molecule has 0 radical (unpaired) electrons. The lowest BCUT2D eigenvalue weighted by molar-refractivity contribution is 0.0577. The van der Waals surface area contributed by atoms with Crippen molar-refractivity contribution in [3.05, 3.63) is 54.5 Å². The van der Waals surface area contributed by atoms with Gasteiger partial charge in [0.25, 0.3) is 5.89 Å². The van der Waals surface area contributed by atoms with E-state index in [4.69, 9.17) is 10.3 Å². The van der Waals surface area contributed by atoms with Crippen LogP contribution in [0.5, 0.6) is 0 Å². The SMILES string of the molecule is CC(C)(O)Cn1cc(-c2nc(C(c3ccc(-c4cnc(N)cn4)nc3)C3CC3)no2)cn1. The molecular formula is C22H24N8O2. The maximum Gasteiger partial charge on any atom is 0.261 e. The van der Waals surface area contributed by atoms with E-state index in [0.29, 0.717) is 35.7 Å². The van der Waals surface area contributed by atoms with Crippen molar-refractivity contribution in [1.82, 2.24) is 34.9 Å². The second-order valence-electron chi connectivity index (χ2n) is 8.82. The average Bonchev–Trinajstić information content (AvgIpc) is 3.27. The molecule has 1 saturated carbocycles. The standard InChI is InChI=1S/C22H24N8O2/c1-22(2,31)12-30-11-15(8-27-30)21-28-20(29-32-21)19(13-3-4-13)14-5-6-16(24-7-14)17-9-26-18(23)10-25-17/h5-11,13,19,31H,3-4,12H2,1-2H3,(H2,23,26). The second-order valence-corrected chi connectivity index (χ2v) is 8.82. The van der Waals surface area contributed by atoms with Crippen molar-refractivity contribution in [1.29, 1.82) is 0 Å². The number of aromatic nitrogens is 7. The van der Waals surface area contributed by atoms with Gasteiger partial charge in [0.15, 0.2) is 5.82 Å². The minimum atomic E-state index is -0.864. The van der Waals surface area contributed by atoms with Gasteiger partial charge in [0.1, 0.15) is 11.5 Å². The van der Waals surface area contributed by atoms with Crippen LogP contribution in [-0.2, 0) is 6.54 Å². The predicted octanol–water partition coefficient (Wildman–Crippen LogP) is 2.68. The highest BCUT2D eigenvalue weighted by Crippen LogP contribution is 2.45. The average molecular weight is 432 g/mol. The third kappa shape index (κ3) is 4.35. The Bertz CT molecular complexity index is 1200. The van der Waals surface area contributed by atoms with Gasteiger partial charge >= 0.3 is 0 Å². The van der Waals surface area contributed by atoms with Crippen LogP contribution < -0.4 is 5.73 Å². The minimum absolute atomic E-state index is 0.0120. The first kappa shape index (κ1) is 20.3. The quantitative estimate of drug-likeness (QED) is 0.450. The molecule has 4 aromatic heterocycles. The molecule has 1 fully saturated rings. The number of nitrogen functional groups attached to an aromatic ring is 1. The highest BCUT2D eigenvalue weighted by Gasteiger charge is 2.37. The number of hydrogen-bond donors (Lipinski definition) is 2. The maximum atomic E-state index is 10.00. The van der Waals surface area contributed by atoms with E-state index in [-0.39, 0.29) is 5.92 Å². The third-order valence-electron chi connectivity index (χ3n) is 5.32. The Morgan fingerprint density at radius 1 is 1.12 bits per heavy atom. The van der Waals surface area contributed by atoms with Crippen molar-refractivity contribution in [2.75, 3.05) is 5.73 Å². The van der Waals surface area contributed by atoms with E-state index in [2.05, 4.69) is 30.2 Å². The Kier molecular flexibility index (Phi) is 4.93. The van der Waals surface area contributed by atoms with Gasteiger partial charge in [-0.1, -0.05) is 11.2 Å². The molecule has 0 aliphatic heterocycles. The monoisotopic (exact) mass is 432 g/mol.